The number of carbonyl (C=O) groups excluding carboxylic acids is 3. The maximum absolute atomic E-state index is 12.6. The molecule has 1 fully saturated rings. The van der Waals surface area contributed by atoms with Gasteiger partial charge in [-0.15, -0.1) is 0 Å². The van der Waals surface area contributed by atoms with Crippen molar-refractivity contribution in [2.24, 2.45) is 0 Å². The summed E-state index contributed by atoms with van der Waals surface area (Å²) in [7, 11) is -3.75. The predicted molar refractivity (Wildman–Crippen MR) is 113 cm³/mol. The Morgan fingerprint density at radius 2 is 1.74 bits per heavy atom. The number of carbonyl (C=O) groups is 3. The van der Waals surface area contributed by atoms with Gasteiger partial charge in [0, 0.05) is 11.7 Å². The van der Waals surface area contributed by atoms with Crippen LogP contribution in [0.5, 0.6) is 0 Å². The van der Waals surface area contributed by atoms with E-state index < -0.39 is 34.0 Å². The lowest BCUT2D eigenvalue weighted by Crippen LogP contribution is -2.41. The van der Waals surface area contributed by atoms with Crippen LogP contribution in [0.15, 0.2) is 53.4 Å². The van der Waals surface area contributed by atoms with Crippen molar-refractivity contribution in [1.29, 1.82) is 0 Å². The molecule has 2 aromatic carbocycles. The molecular formula is C21H23N3O6S. The molecule has 0 radical (unpaired) electrons. The second-order valence-corrected chi connectivity index (χ2v) is 8.94. The fraction of sp³-hybridized carbons (Fsp3) is 0.286. The Hall–Kier alpha value is -3.24. The highest BCUT2D eigenvalue weighted by Gasteiger charge is 2.29. The van der Waals surface area contributed by atoms with Gasteiger partial charge in [0.25, 0.3) is 5.91 Å². The Labute approximate surface area is 180 Å². The number of nitrogens with one attached hydrogen (secondary N) is 3. The minimum absolute atomic E-state index is 0.0204. The molecular weight excluding hydrogens is 422 g/mol. The van der Waals surface area contributed by atoms with Gasteiger partial charge in [0.1, 0.15) is 0 Å². The standard InChI is InChI=1S/C21H23N3O6S/c1-13-8-11-17(31(28,29)24-16-9-10-16)12-18(13)20(26)30-14(2)19(25)23-21(27)22-15-6-4-3-5-7-15/h3-8,11-12,14,16,24H,9-10H2,1-2H3,(H2,22,23,25,27). The predicted octanol–water partition coefficient (Wildman–Crippen LogP) is 2.33. The third kappa shape index (κ3) is 6.12. The Morgan fingerprint density at radius 3 is 2.39 bits per heavy atom. The number of aryl methyl sites for hydroxylation is 1. The number of hydrogen-bond donors (Lipinski definition) is 3. The van der Waals surface area contributed by atoms with E-state index in [1.165, 1.54) is 25.1 Å². The van der Waals surface area contributed by atoms with Crippen LogP contribution in [0.4, 0.5) is 10.5 Å². The Morgan fingerprint density at radius 1 is 1.06 bits per heavy atom. The average Bonchev–Trinajstić information content (AvgIpc) is 3.51. The van der Waals surface area contributed by atoms with E-state index in [2.05, 4.69) is 15.4 Å². The first kappa shape index (κ1) is 22.4. The molecule has 0 spiro atoms. The Balaban J connectivity index is 1.62. The van der Waals surface area contributed by atoms with Crippen LogP contribution < -0.4 is 15.4 Å². The number of esters is 1. The zero-order valence-electron chi connectivity index (χ0n) is 17.0. The first-order chi connectivity index (χ1) is 14.7. The van der Waals surface area contributed by atoms with Crippen molar-refractivity contribution in [2.75, 3.05) is 5.32 Å². The molecule has 0 heterocycles. The van der Waals surface area contributed by atoms with Crippen molar-refractivity contribution in [3.05, 3.63) is 59.7 Å². The molecule has 0 aliphatic heterocycles. The molecule has 164 valence electrons. The van der Waals surface area contributed by atoms with Gasteiger partial charge < -0.3 is 10.1 Å². The molecule has 0 saturated heterocycles. The molecule has 3 rings (SSSR count). The van der Waals surface area contributed by atoms with Gasteiger partial charge in [-0.3, -0.25) is 10.1 Å². The summed E-state index contributed by atoms with van der Waals surface area (Å²) in [6, 6.07) is 11.8. The number of sulfonamides is 1. The summed E-state index contributed by atoms with van der Waals surface area (Å²) < 4.78 is 32.5. The number of amides is 3. The van der Waals surface area contributed by atoms with Crippen molar-refractivity contribution in [3.63, 3.8) is 0 Å². The number of urea groups is 1. The minimum atomic E-state index is -3.75. The summed E-state index contributed by atoms with van der Waals surface area (Å²) in [6.07, 6.45) is 0.285. The van der Waals surface area contributed by atoms with E-state index in [4.69, 9.17) is 4.74 Å². The van der Waals surface area contributed by atoms with Crippen LogP contribution in [0.1, 0.15) is 35.7 Å². The highest BCUT2D eigenvalue weighted by atomic mass is 32.2. The van der Waals surface area contributed by atoms with E-state index in [9.17, 15) is 22.8 Å². The monoisotopic (exact) mass is 445 g/mol. The van der Waals surface area contributed by atoms with Crippen LogP contribution in [-0.2, 0) is 19.6 Å². The molecule has 1 saturated carbocycles. The van der Waals surface area contributed by atoms with Crippen LogP contribution in [0.2, 0.25) is 0 Å². The summed E-state index contributed by atoms with van der Waals surface area (Å²) in [6.45, 7) is 2.94. The smallest absolute Gasteiger partial charge is 0.339 e. The van der Waals surface area contributed by atoms with Crippen LogP contribution in [0.25, 0.3) is 0 Å². The summed E-state index contributed by atoms with van der Waals surface area (Å²) in [5.41, 5.74) is 1.00. The van der Waals surface area contributed by atoms with Crippen LogP contribution in [0, 0.1) is 6.92 Å². The average molecular weight is 445 g/mol. The maximum atomic E-state index is 12.6. The molecule has 31 heavy (non-hydrogen) atoms. The highest BCUT2D eigenvalue weighted by Crippen LogP contribution is 2.23. The van der Waals surface area contributed by atoms with Gasteiger partial charge in [-0.2, -0.15) is 0 Å². The van der Waals surface area contributed by atoms with Gasteiger partial charge in [-0.25, -0.2) is 22.7 Å². The number of para-hydroxylation sites is 1. The SMILES string of the molecule is Cc1ccc(S(=O)(=O)NC2CC2)cc1C(=O)OC(C)C(=O)NC(=O)Nc1ccccc1. The number of hydrogen-bond acceptors (Lipinski definition) is 6. The van der Waals surface area contributed by atoms with E-state index in [1.54, 1.807) is 37.3 Å². The number of rotatable bonds is 7. The van der Waals surface area contributed by atoms with E-state index in [-0.39, 0.29) is 16.5 Å². The summed E-state index contributed by atoms with van der Waals surface area (Å²) >= 11 is 0. The molecule has 10 heteroatoms. The van der Waals surface area contributed by atoms with Gasteiger partial charge in [-0.1, -0.05) is 24.3 Å². The quantitative estimate of drug-likeness (QED) is 0.561. The number of anilines is 1. The molecule has 2 aromatic rings. The van der Waals surface area contributed by atoms with Gasteiger partial charge >= 0.3 is 12.0 Å². The summed E-state index contributed by atoms with van der Waals surface area (Å²) in [5.74, 6) is -1.69. The van der Waals surface area contributed by atoms with E-state index in [0.717, 1.165) is 12.8 Å². The normalized spacial score (nSPS) is 14.4. The molecule has 1 unspecified atom stereocenters. The van der Waals surface area contributed by atoms with Crippen molar-refractivity contribution < 1.29 is 27.5 Å². The second-order valence-electron chi connectivity index (χ2n) is 7.23. The first-order valence-electron chi connectivity index (χ1n) is 9.66. The zero-order valence-corrected chi connectivity index (χ0v) is 17.9. The molecule has 0 aromatic heterocycles. The van der Waals surface area contributed by atoms with Crippen LogP contribution in [-0.4, -0.2) is 38.5 Å². The van der Waals surface area contributed by atoms with Crippen molar-refractivity contribution >= 4 is 33.6 Å². The van der Waals surface area contributed by atoms with E-state index >= 15 is 0 Å². The molecule has 1 aliphatic carbocycles. The topological polar surface area (TPSA) is 131 Å². The van der Waals surface area contributed by atoms with Crippen molar-refractivity contribution in [2.45, 2.75) is 43.7 Å². The molecule has 9 nitrogen and oxygen atoms in total. The van der Waals surface area contributed by atoms with Gasteiger partial charge in [0.05, 0.1) is 10.5 Å². The first-order valence-corrected chi connectivity index (χ1v) is 11.1. The molecule has 0 bridgehead atoms. The lowest BCUT2D eigenvalue weighted by Gasteiger charge is -2.15. The molecule has 1 aliphatic rings. The van der Waals surface area contributed by atoms with E-state index in [0.29, 0.717) is 11.3 Å². The second kappa shape index (κ2) is 9.27. The lowest BCUT2D eigenvalue weighted by atomic mass is 10.1. The number of benzene rings is 2. The summed E-state index contributed by atoms with van der Waals surface area (Å²) in [4.78, 5) is 36.6. The van der Waals surface area contributed by atoms with Crippen LogP contribution in [0.3, 0.4) is 0 Å². The third-order valence-corrected chi connectivity index (χ3v) is 6.08. The summed E-state index contributed by atoms with van der Waals surface area (Å²) in [5, 5.41) is 4.57. The number of imide groups is 1. The van der Waals surface area contributed by atoms with Crippen molar-refractivity contribution in [3.8, 4) is 0 Å². The maximum Gasteiger partial charge on any atom is 0.339 e. The Bertz CT molecular complexity index is 1100. The van der Waals surface area contributed by atoms with Gasteiger partial charge in [0.15, 0.2) is 6.10 Å². The molecule has 1 atom stereocenters. The number of ether oxygens (including phenoxy) is 1. The van der Waals surface area contributed by atoms with Crippen molar-refractivity contribution in [1.82, 2.24) is 10.0 Å². The molecule has 3 N–H and O–H groups in total. The Kier molecular flexibility index (Phi) is 6.71. The zero-order chi connectivity index (χ0) is 22.6. The van der Waals surface area contributed by atoms with Crippen LogP contribution >= 0.6 is 0 Å². The van der Waals surface area contributed by atoms with Gasteiger partial charge in [-0.05, 0) is 56.5 Å². The third-order valence-electron chi connectivity index (χ3n) is 4.56. The van der Waals surface area contributed by atoms with E-state index in [1.807, 2.05) is 0 Å². The fourth-order valence-corrected chi connectivity index (χ4v) is 3.98. The molecule has 3 amide bonds. The minimum Gasteiger partial charge on any atom is -0.449 e. The fourth-order valence-electron chi connectivity index (χ4n) is 2.65. The largest absolute Gasteiger partial charge is 0.449 e. The van der Waals surface area contributed by atoms with Gasteiger partial charge in [0.2, 0.25) is 10.0 Å². The lowest BCUT2D eigenvalue weighted by molar-refractivity contribution is -0.127. The highest BCUT2D eigenvalue weighted by molar-refractivity contribution is 7.89.